The molecule has 0 aromatic heterocycles. The van der Waals surface area contributed by atoms with Crippen LogP contribution in [0.4, 0.5) is 11.4 Å². The van der Waals surface area contributed by atoms with Gasteiger partial charge in [-0.3, -0.25) is 23.5 Å². The zero-order valence-electron chi connectivity index (χ0n) is 22.2. The van der Waals surface area contributed by atoms with E-state index in [4.69, 9.17) is 9.47 Å². The molecular formula is C29H35N3O6S. The van der Waals surface area contributed by atoms with Gasteiger partial charge in [0.15, 0.2) is 11.5 Å². The second-order valence-electron chi connectivity index (χ2n) is 10.4. The second-order valence-corrected chi connectivity index (χ2v) is 11.9. The average Bonchev–Trinajstić information content (AvgIpc) is 3.60. The third-order valence-electron chi connectivity index (χ3n) is 7.60. The first-order chi connectivity index (χ1) is 18.9. The van der Waals surface area contributed by atoms with E-state index in [9.17, 15) is 18.6 Å². The van der Waals surface area contributed by atoms with Crippen LogP contribution in [-0.2, 0) is 38.0 Å². The monoisotopic (exact) mass is 553 g/mol. The molecule has 2 N–H and O–H groups in total. The highest BCUT2D eigenvalue weighted by Crippen LogP contribution is 2.34. The average molecular weight is 554 g/mol. The number of nitrogens with zero attached hydrogens (tertiary/aromatic N) is 1. The highest BCUT2D eigenvalue weighted by molar-refractivity contribution is 7.86. The molecule has 2 aliphatic carbocycles. The summed E-state index contributed by atoms with van der Waals surface area (Å²) in [6.45, 7) is 1.84. The summed E-state index contributed by atoms with van der Waals surface area (Å²) in [5.41, 5.74) is 3.45. The van der Waals surface area contributed by atoms with E-state index >= 15 is 0 Å². The minimum Gasteiger partial charge on any atom is -0.454 e. The minimum absolute atomic E-state index is 0.121. The van der Waals surface area contributed by atoms with Crippen molar-refractivity contribution in [2.24, 2.45) is 0 Å². The van der Waals surface area contributed by atoms with Crippen molar-refractivity contribution in [3.8, 4) is 11.5 Å². The van der Waals surface area contributed by atoms with Gasteiger partial charge in [0.2, 0.25) is 24.5 Å². The summed E-state index contributed by atoms with van der Waals surface area (Å²) >= 11 is 0. The molecule has 3 amide bonds. The Labute approximate surface area is 231 Å². The van der Waals surface area contributed by atoms with E-state index in [2.05, 4.69) is 16.7 Å². The van der Waals surface area contributed by atoms with Crippen LogP contribution in [0.15, 0.2) is 36.4 Å². The fourth-order valence-corrected chi connectivity index (χ4v) is 6.51. The zero-order chi connectivity index (χ0) is 27.4. The van der Waals surface area contributed by atoms with Crippen LogP contribution in [0.2, 0.25) is 0 Å². The summed E-state index contributed by atoms with van der Waals surface area (Å²) in [5, 5.41) is 5.80. The molecule has 9 nitrogen and oxygen atoms in total. The molecule has 1 fully saturated rings. The first-order valence-corrected chi connectivity index (χ1v) is 15.2. The highest BCUT2D eigenvalue weighted by atomic mass is 32.2. The van der Waals surface area contributed by atoms with E-state index in [0.29, 0.717) is 22.9 Å². The molecule has 3 aliphatic rings. The van der Waals surface area contributed by atoms with Gasteiger partial charge >= 0.3 is 0 Å². The van der Waals surface area contributed by atoms with Crippen LogP contribution in [0.3, 0.4) is 0 Å². The fourth-order valence-electron chi connectivity index (χ4n) is 5.63. The number of hydrogen-bond donors (Lipinski definition) is 2. The number of anilines is 2. The van der Waals surface area contributed by atoms with Crippen LogP contribution in [0.5, 0.6) is 11.5 Å². The Balaban J connectivity index is 1.29. The Hall–Kier alpha value is -3.40. The molecular weight excluding hydrogens is 518 g/mol. The Kier molecular flexibility index (Phi) is 8.50. The molecule has 1 heterocycles. The molecule has 2 aromatic carbocycles. The van der Waals surface area contributed by atoms with Crippen molar-refractivity contribution >= 4 is 39.9 Å². The van der Waals surface area contributed by atoms with Gasteiger partial charge in [-0.25, -0.2) is 0 Å². The fraction of sp³-hybridized carbons (Fsp3) is 0.483. The third kappa shape index (κ3) is 6.43. The number of rotatable bonds is 9. The maximum Gasteiger partial charge on any atom is 0.243 e. The smallest absolute Gasteiger partial charge is 0.243 e. The van der Waals surface area contributed by atoms with Gasteiger partial charge in [-0.15, -0.1) is 0 Å². The zero-order valence-corrected chi connectivity index (χ0v) is 23.0. The number of aryl methyl sites for hydroxylation is 1. The molecule has 208 valence electrons. The van der Waals surface area contributed by atoms with E-state index in [1.54, 1.807) is 25.1 Å². The van der Waals surface area contributed by atoms with Crippen molar-refractivity contribution in [1.29, 1.82) is 0 Å². The van der Waals surface area contributed by atoms with Gasteiger partial charge in [0.05, 0.1) is 0 Å². The van der Waals surface area contributed by atoms with Crippen LogP contribution < -0.4 is 25.0 Å². The van der Waals surface area contributed by atoms with Gasteiger partial charge in [0.25, 0.3) is 0 Å². The first kappa shape index (κ1) is 27.2. The van der Waals surface area contributed by atoms with Gasteiger partial charge in [-0.05, 0) is 74.8 Å². The lowest BCUT2D eigenvalue weighted by Gasteiger charge is -2.33. The topological polar surface area (TPSA) is 114 Å². The predicted octanol–water partition coefficient (Wildman–Crippen LogP) is 3.46. The third-order valence-corrected chi connectivity index (χ3v) is 8.75. The number of ether oxygens (including phenoxy) is 2. The first-order valence-electron chi connectivity index (χ1n) is 13.7. The lowest BCUT2D eigenvalue weighted by atomic mass is 9.89. The number of amides is 3. The number of hydrogen-bond acceptors (Lipinski definition) is 6. The van der Waals surface area contributed by atoms with Gasteiger partial charge in [0.1, 0.15) is 17.5 Å². The lowest BCUT2D eigenvalue weighted by Crippen LogP contribution is -2.52. The molecule has 1 saturated carbocycles. The molecule has 39 heavy (non-hydrogen) atoms. The summed E-state index contributed by atoms with van der Waals surface area (Å²) in [6.07, 6.45) is 7.91. The van der Waals surface area contributed by atoms with E-state index in [1.165, 1.54) is 10.5 Å². The molecule has 5 rings (SSSR count). The number of fused-ring (bicyclic) bond motifs is 2. The van der Waals surface area contributed by atoms with Crippen molar-refractivity contribution < 1.29 is 28.1 Å². The molecule has 0 saturated heterocycles. The molecule has 0 bridgehead atoms. The summed E-state index contributed by atoms with van der Waals surface area (Å²) in [6, 6.07) is 10.2. The lowest BCUT2D eigenvalue weighted by molar-refractivity contribution is -0.125. The van der Waals surface area contributed by atoms with Gasteiger partial charge in [-0.1, -0.05) is 25.0 Å². The number of nitrogens with one attached hydrogen (secondary N) is 2. The quantitative estimate of drug-likeness (QED) is 0.492. The van der Waals surface area contributed by atoms with Crippen LogP contribution in [0.25, 0.3) is 0 Å². The predicted molar refractivity (Wildman–Crippen MR) is 150 cm³/mol. The maximum atomic E-state index is 13.7. The summed E-state index contributed by atoms with van der Waals surface area (Å²) in [4.78, 5) is 41.1. The highest BCUT2D eigenvalue weighted by Gasteiger charge is 2.32. The van der Waals surface area contributed by atoms with Gasteiger partial charge < -0.3 is 20.1 Å². The molecule has 2 aromatic rings. The van der Waals surface area contributed by atoms with E-state index in [1.807, 2.05) is 12.1 Å². The minimum atomic E-state index is -1.77. The van der Waals surface area contributed by atoms with Crippen LogP contribution >= 0.6 is 0 Å². The SMILES string of the molecule is CC(C(=O)NC1CCCC1)N(C(=O)CS(=O)CC(=O)Nc1ccc2c(c1)OCO2)c1cccc2c1CCCC2. The molecule has 0 radical (unpaired) electrons. The molecule has 10 heteroatoms. The van der Waals surface area contributed by atoms with Crippen molar-refractivity contribution in [3.63, 3.8) is 0 Å². The second kappa shape index (κ2) is 12.2. The largest absolute Gasteiger partial charge is 0.454 e. The van der Waals surface area contributed by atoms with Crippen molar-refractivity contribution in [1.82, 2.24) is 5.32 Å². The van der Waals surface area contributed by atoms with Crippen LogP contribution in [-0.4, -0.2) is 52.3 Å². The van der Waals surface area contributed by atoms with Crippen molar-refractivity contribution in [2.45, 2.75) is 70.4 Å². The Morgan fingerprint density at radius 3 is 2.59 bits per heavy atom. The number of carbonyl (C=O) groups excluding carboxylic acids is 3. The summed E-state index contributed by atoms with van der Waals surface area (Å²) in [5.74, 6) is -0.710. The van der Waals surface area contributed by atoms with E-state index < -0.39 is 28.7 Å². The van der Waals surface area contributed by atoms with Crippen molar-refractivity contribution in [3.05, 3.63) is 47.5 Å². The van der Waals surface area contributed by atoms with E-state index in [-0.39, 0.29) is 30.2 Å². The number of carbonyl (C=O) groups is 3. The normalized spacial score (nSPS) is 17.7. The molecule has 2 unspecified atom stereocenters. The Bertz CT molecular complexity index is 1280. The van der Waals surface area contributed by atoms with Crippen LogP contribution in [0, 0.1) is 0 Å². The standard InChI is InChI=1S/C29H35N3O6S/c1-19(29(35)31-21-9-3-4-10-21)32(24-12-6-8-20-7-2-5-11-23(20)24)28(34)17-39(36)16-27(33)30-22-13-14-25-26(15-22)38-18-37-25/h6,8,12-15,19,21H,2-5,7,9-11,16-18H2,1H3,(H,30,33)(H,31,35). The molecule has 0 spiro atoms. The Morgan fingerprint density at radius 1 is 1.00 bits per heavy atom. The van der Waals surface area contributed by atoms with Gasteiger partial charge in [-0.2, -0.15) is 0 Å². The van der Waals surface area contributed by atoms with E-state index in [0.717, 1.165) is 56.9 Å². The Morgan fingerprint density at radius 2 is 1.77 bits per heavy atom. The summed E-state index contributed by atoms with van der Waals surface area (Å²) in [7, 11) is -1.77. The number of benzene rings is 2. The van der Waals surface area contributed by atoms with Crippen molar-refractivity contribution in [2.75, 3.05) is 28.5 Å². The van der Waals surface area contributed by atoms with Gasteiger partial charge in [0, 0.05) is 34.3 Å². The van der Waals surface area contributed by atoms with Crippen LogP contribution in [0.1, 0.15) is 56.6 Å². The summed E-state index contributed by atoms with van der Waals surface area (Å²) < 4.78 is 23.6. The molecule has 1 aliphatic heterocycles. The maximum absolute atomic E-state index is 13.7. The molecule has 2 atom stereocenters.